The molecule has 0 atom stereocenters. The summed E-state index contributed by atoms with van der Waals surface area (Å²) >= 11 is 12.4. The molecule has 0 heterocycles. The second-order valence-electron chi connectivity index (χ2n) is 7.21. The maximum atomic E-state index is 13.1. The number of halogens is 2. The quantitative estimate of drug-likeness (QED) is 0.481. The fourth-order valence-corrected chi connectivity index (χ4v) is 3.85. The molecule has 2 rings (SSSR count). The van der Waals surface area contributed by atoms with Crippen LogP contribution in [0.15, 0.2) is 42.5 Å². The van der Waals surface area contributed by atoms with E-state index in [0.29, 0.717) is 33.3 Å². The molecule has 0 radical (unpaired) electrons. The Hall–Kier alpha value is -2.39. The number of carbonyl (C=O) groups is 2. The first-order valence-corrected chi connectivity index (χ1v) is 11.1. The van der Waals surface area contributed by atoms with Crippen molar-refractivity contribution in [2.75, 3.05) is 32.7 Å². The van der Waals surface area contributed by atoms with E-state index in [0.717, 1.165) is 26.1 Å². The summed E-state index contributed by atoms with van der Waals surface area (Å²) in [4.78, 5) is 29.8. The van der Waals surface area contributed by atoms with Gasteiger partial charge in [-0.1, -0.05) is 43.1 Å². The zero-order valence-corrected chi connectivity index (χ0v) is 19.4. The van der Waals surface area contributed by atoms with Gasteiger partial charge in [-0.3, -0.25) is 9.59 Å². The van der Waals surface area contributed by atoms with Gasteiger partial charge in [0.1, 0.15) is 0 Å². The average molecular weight is 460 g/mol. The molecule has 0 saturated heterocycles. The summed E-state index contributed by atoms with van der Waals surface area (Å²) in [6.45, 7) is 7.33. The van der Waals surface area contributed by atoms with Crippen LogP contribution in [0.25, 0.3) is 0 Å². The molecule has 2 aromatic rings. The van der Waals surface area contributed by atoms with Gasteiger partial charge in [0.25, 0.3) is 5.91 Å². The highest BCUT2D eigenvalue weighted by molar-refractivity contribution is 6.36. The number of nitrogens with zero attached hydrogens (tertiary/aromatic N) is 3. The highest BCUT2D eigenvalue weighted by atomic mass is 35.5. The van der Waals surface area contributed by atoms with Crippen molar-refractivity contribution in [1.82, 2.24) is 9.80 Å². The number of ketones is 1. The van der Waals surface area contributed by atoms with Crippen molar-refractivity contribution in [3.05, 3.63) is 69.2 Å². The molecule has 0 fully saturated rings. The van der Waals surface area contributed by atoms with Gasteiger partial charge in [0, 0.05) is 28.6 Å². The van der Waals surface area contributed by atoms with E-state index < -0.39 is 0 Å². The van der Waals surface area contributed by atoms with Gasteiger partial charge in [-0.05, 0) is 68.0 Å². The van der Waals surface area contributed by atoms with E-state index in [4.69, 9.17) is 28.5 Å². The van der Waals surface area contributed by atoms with E-state index >= 15 is 0 Å². The highest BCUT2D eigenvalue weighted by Crippen LogP contribution is 2.25. The standard InChI is InChI=1S/C24H27Cl2N3O2/c1-3-28(4-2)13-6-14-29(24(31)19-11-9-18(16-27)10-12-19)17-20(30)15-21-22(25)7-5-8-23(21)26/h5,7-12H,3-4,6,13-15,17H2,1-2H3. The lowest BCUT2D eigenvalue weighted by molar-refractivity contribution is -0.119. The Morgan fingerprint density at radius 2 is 1.58 bits per heavy atom. The Morgan fingerprint density at radius 1 is 0.968 bits per heavy atom. The first-order chi connectivity index (χ1) is 14.9. The molecule has 0 aliphatic carbocycles. The fourth-order valence-electron chi connectivity index (χ4n) is 3.31. The molecule has 0 bridgehead atoms. The third-order valence-corrected chi connectivity index (χ3v) is 5.86. The Morgan fingerprint density at radius 3 is 2.13 bits per heavy atom. The van der Waals surface area contributed by atoms with Crippen molar-refractivity contribution in [3.8, 4) is 6.07 Å². The molecular formula is C24H27Cl2N3O2. The van der Waals surface area contributed by atoms with E-state index in [1.807, 2.05) is 6.07 Å². The van der Waals surface area contributed by atoms with Crippen molar-refractivity contribution in [1.29, 1.82) is 5.26 Å². The number of benzene rings is 2. The molecule has 0 N–H and O–H groups in total. The van der Waals surface area contributed by atoms with Crippen LogP contribution in [0.3, 0.4) is 0 Å². The topological polar surface area (TPSA) is 64.4 Å². The Balaban J connectivity index is 2.14. The van der Waals surface area contributed by atoms with E-state index in [9.17, 15) is 9.59 Å². The lowest BCUT2D eigenvalue weighted by atomic mass is 10.1. The van der Waals surface area contributed by atoms with Crippen LogP contribution < -0.4 is 0 Å². The van der Waals surface area contributed by atoms with Crippen LogP contribution in [-0.2, 0) is 11.2 Å². The maximum Gasteiger partial charge on any atom is 0.254 e. The molecule has 5 nitrogen and oxygen atoms in total. The van der Waals surface area contributed by atoms with Gasteiger partial charge >= 0.3 is 0 Å². The second kappa shape index (κ2) is 12.5. The third kappa shape index (κ3) is 7.36. The summed E-state index contributed by atoms with van der Waals surface area (Å²) in [7, 11) is 0. The molecule has 164 valence electrons. The van der Waals surface area contributed by atoms with Gasteiger partial charge < -0.3 is 9.80 Å². The SMILES string of the molecule is CCN(CC)CCCN(CC(=O)Cc1c(Cl)cccc1Cl)C(=O)c1ccc(C#N)cc1. The maximum absolute atomic E-state index is 13.1. The first kappa shape index (κ1) is 24.9. The van der Waals surface area contributed by atoms with E-state index in [1.54, 1.807) is 47.4 Å². The number of nitriles is 1. The zero-order chi connectivity index (χ0) is 22.8. The van der Waals surface area contributed by atoms with Crippen LogP contribution >= 0.6 is 23.2 Å². The Bertz CT molecular complexity index is 915. The summed E-state index contributed by atoms with van der Waals surface area (Å²) in [5.74, 6) is -0.373. The third-order valence-electron chi connectivity index (χ3n) is 5.15. The molecule has 7 heteroatoms. The first-order valence-electron chi connectivity index (χ1n) is 10.4. The Kier molecular flexibility index (Phi) is 10.00. The zero-order valence-electron chi connectivity index (χ0n) is 17.9. The lowest BCUT2D eigenvalue weighted by Gasteiger charge is -2.24. The number of carbonyl (C=O) groups excluding carboxylic acids is 2. The number of hydrogen-bond donors (Lipinski definition) is 0. The summed E-state index contributed by atoms with van der Waals surface area (Å²) in [5, 5.41) is 9.85. The molecule has 1 amide bonds. The summed E-state index contributed by atoms with van der Waals surface area (Å²) in [6, 6.07) is 13.6. The molecule has 31 heavy (non-hydrogen) atoms. The molecule has 2 aromatic carbocycles. The monoisotopic (exact) mass is 459 g/mol. The van der Waals surface area contributed by atoms with E-state index in [2.05, 4.69) is 18.7 Å². The van der Waals surface area contributed by atoms with E-state index in [-0.39, 0.29) is 24.7 Å². The van der Waals surface area contributed by atoms with Crippen LogP contribution in [0.2, 0.25) is 10.0 Å². The number of rotatable bonds is 11. The molecule has 0 aromatic heterocycles. The minimum absolute atomic E-state index is 0.0291. The van der Waals surface area contributed by atoms with Crippen molar-refractivity contribution in [3.63, 3.8) is 0 Å². The number of hydrogen-bond acceptors (Lipinski definition) is 4. The van der Waals surface area contributed by atoms with Crippen molar-refractivity contribution in [2.45, 2.75) is 26.7 Å². The summed E-state index contributed by atoms with van der Waals surface area (Å²) in [6.07, 6.45) is 0.815. The summed E-state index contributed by atoms with van der Waals surface area (Å²) < 4.78 is 0. The second-order valence-corrected chi connectivity index (χ2v) is 8.03. The van der Waals surface area contributed by atoms with Crippen LogP contribution in [0.4, 0.5) is 0 Å². The molecule has 0 saturated carbocycles. The smallest absolute Gasteiger partial charge is 0.254 e. The lowest BCUT2D eigenvalue weighted by Crippen LogP contribution is -2.38. The van der Waals surface area contributed by atoms with Crippen molar-refractivity contribution < 1.29 is 9.59 Å². The predicted molar refractivity (Wildman–Crippen MR) is 125 cm³/mol. The molecular weight excluding hydrogens is 433 g/mol. The number of amides is 1. The van der Waals surface area contributed by atoms with Crippen LogP contribution in [0.5, 0.6) is 0 Å². The van der Waals surface area contributed by atoms with Crippen molar-refractivity contribution in [2.24, 2.45) is 0 Å². The fraction of sp³-hybridized carbons (Fsp3) is 0.375. The van der Waals surface area contributed by atoms with Crippen molar-refractivity contribution >= 4 is 34.9 Å². The van der Waals surface area contributed by atoms with Gasteiger partial charge in [0.15, 0.2) is 5.78 Å². The van der Waals surface area contributed by atoms with Gasteiger partial charge in [0.2, 0.25) is 0 Å². The summed E-state index contributed by atoms with van der Waals surface area (Å²) in [5.41, 5.74) is 1.50. The van der Waals surface area contributed by atoms with Gasteiger partial charge in [0.05, 0.1) is 18.2 Å². The van der Waals surface area contributed by atoms with Crippen LogP contribution in [0, 0.1) is 11.3 Å². The molecule has 0 aliphatic rings. The molecule has 0 spiro atoms. The van der Waals surface area contributed by atoms with E-state index in [1.165, 1.54) is 0 Å². The normalized spacial score (nSPS) is 10.7. The van der Waals surface area contributed by atoms with Gasteiger partial charge in [-0.25, -0.2) is 0 Å². The highest BCUT2D eigenvalue weighted by Gasteiger charge is 2.20. The molecule has 0 unspecified atom stereocenters. The van der Waals surface area contributed by atoms with Crippen LogP contribution in [0.1, 0.15) is 41.8 Å². The Labute approximate surface area is 194 Å². The van der Waals surface area contributed by atoms with Gasteiger partial charge in [-0.2, -0.15) is 5.26 Å². The van der Waals surface area contributed by atoms with Gasteiger partial charge in [-0.15, -0.1) is 0 Å². The average Bonchev–Trinajstić information content (AvgIpc) is 2.78. The molecule has 0 aliphatic heterocycles. The predicted octanol–water partition coefficient (Wildman–Crippen LogP) is 4.85. The minimum atomic E-state index is -0.234. The minimum Gasteiger partial charge on any atom is -0.331 e. The number of Topliss-reactive ketones (excluding diaryl/α,β-unsaturated/α-hetero) is 1. The largest absolute Gasteiger partial charge is 0.331 e. The van der Waals surface area contributed by atoms with Crippen LogP contribution in [-0.4, -0.2) is 54.2 Å².